The first kappa shape index (κ1) is 7.55. The minimum Gasteiger partial charge on any atom is -0.377 e. The highest BCUT2D eigenvalue weighted by atomic mass is 16.1. The van der Waals surface area contributed by atoms with E-state index >= 15 is 0 Å². The van der Waals surface area contributed by atoms with Crippen molar-refractivity contribution in [2.75, 3.05) is 6.54 Å². The van der Waals surface area contributed by atoms with Gasteiger partial charge in [0.05, 0.1) is 12.1 Å². The summed E-state index contributed by atoms with van der Waals surface area (Å²) in [5, 5.41) is 6.49. The van der Waals surface area contributed by atoms with Crippen molar-refractivity contribution in [1.29, 1.82) is 0 Å². The van der Waals surface area contributed by atoms with E-state index in [0.717, 1.165) is 24.9 Å². The summed E-state index contributed by atoms with van der Waals surface area (Å²) >= 11 is 0. The maximum atomic E-state index is 10.5. The zero-order chi connectivity index (χ0) is 8.39. The van der Waals surface area contributed by atoms with E-state index in [4.69, 9.17) is 0 Å². The van der Waals surface area contributed by atoms with Crippen LogP contribution in [0, 0.1) is 0 Å². The van der Waals surface area contributed by atoms with Gasteiger partial charge in [-0.25, -0.2) is 0 Å². The maximum absolute atomic E-state index is 10.5. The number of allylic oxidation sites excluding steroid dienone is 2. The van der Waals surface area contributed by atoms with Crippen molar-refractivity contribution in [1.82, 2.24) is 10.6 Å². The Morgan fingerprint density at radius 2 is 2.50 bits per heavy atom. The molecule has 2 rings (SSSR count). The average molecular weight is 164 g/mol. The number of rotatable bonds is 1. The molecule has 0 aromatic rings. The summed E-state index contributed by atoms with van der Waals surface area (Å²) in [4.78, 5) is 10.5. The van der Waals surface area contributed by atoms with E-state index in [-0.39, 0.29) is 6.04 Å². The molecule has 0 aromatic carbocycles. The van der Waals surface area contributed by atoms with Gasteiger partial charge in [-0.1, -0.05) is 12.2 Å². The highest BCUT2D eigenvalue weighted by molar-refractivity contribution is 5.59. The zero-order valence-corrected chi connectivity index (χ0v) is 6.79. The van der Waals surface area contributed by atoms with Crippen molar-refractivity contribution in [3.8, 4) is 0 Å². The SMILES string of the molecule is O=CC1CNC2CC=CC=C2N1. The van der Waals surface area contributed by atoms with Crippen LogP contribution in [0.25, 0.3) is 0 Å². The van der Waals surface area contributed by atoms with Crippen molar-refractivity contribution in [2.45, 2.75) is 18.5 Å². The van der Waals surface area contributed by atoms with E-state index in [0.29, 0.717) is 6.04 Å². The number of carbonyl (C=O) groups excluding carboxylic acids is 1. The largest absolute Gasteiger partial charge is 0.377 e. The monoisotopic (exact) mass is 164 g/mol. The lowest BCUT2D eigenvalue weighted by Crippen LogP contribution is -2.53. The van der Waals surface area contributed by atoms with Crippen LogP contribution in [0.5, 0.6) is 0 Å². The summed E-state index contributed by atoms with van der Waals surface area (Å²) < 4.78 is 0. The Hall–Kier alpha value is -1.09. The molecule has 0 bridgehead atoms. The van der Waals surface area contributed by atoms with E-state index in [1.54, 1.807) is 0 Å². The molecule has 0 saturated carbocycles. The molecule has 0 spiro atoms. The van der Waals surface area contributed by atoms with Crippen LogP contribution >= 0.6 is 0 Å². The van der Waals surface area contributed by atoms with Gasteiger partial charge in [0.25, 0.3) is 0 Å². The third kappa shape index (κ3) is 1.28. The Morgan fingerprint density at radius 3 is 3.33 bits per heavy atom. The molecule has 0 amide bonds. The van der Waals surface area contributed by atoms with E-state index < -0.39 is 0 Å². The third-order valence-corrected chi connectivity index (χ3v) is 2.26. The summed E-state index contributed by atoms with van der Waals surface area (Å²) in [6.07, 6.45) is 8.14. The summed E-state index contributed by atoms with van der Waals surface area (Å²) in [6, 6.07) is 0.338. The summed E-state index contributed by atoms with van der Waals surface area (Å²) in [5.74, 6) is 0. The van der Waals surface area contributed by atoms with Gasteiger partial charge < -0.3 is 15.4 Å². The first-order valence-electron chi connectivity index (χ1n) is 4.22. The van der Waals surface area contributed by atoms with Crippen LogP contribution in [0.2, 0.25) is 0 Å². The second-order valence-electron chi connectivity index (χ2n) is 3.13. The highest BCUT2D eigenvalue weighted by Crippen LogP contribution is 2.13. The topological polar surface area (TPSA) is 41.1 Å². The van der Waals surface area contributed by atoms with E-state index in [1.165, 1.54) is 0 Å². The van der Waals surface area contributed by atoms with Crippen LogP contribution in [0.3, 0.4) is 0 Å². The molecule has 1 fully saturated rings. The van der Waals surface area contributed by atoms with Gasteiger partial charge in [0.1, 0.15) is 6.29 Å². The first-order valence-corrected chi connectivity index (χ1v) is 4.22. The van der Waals surface area contributed by atoms with Crippen LogP contribution in [0.15, 0.2) is 23.9 Å². The second-order valence-corrected chi connectivity index (χ2v) is 3.13. The number of hydrogen-bond donors (Lipinski definition) is 2. The molecular formula is C9H12N2O. The van der Waals surface area contributed by atoms with Crippen LogP contribution < -0.4 is 10.6 Å². The molecule has 2 unspecified atom stereocenters. The summed E-state index contributed by atoms with van der Waals surface area (Å²) in [5.41, 5.74) is 1.14. The number of nitrogens with one attached hydrogen (secondary N) is 2. The Bertz CT molecular complexity index is 245. The fourth-order valence-corrected chi connectivity index (χ4v) is 1.59. The second kappa shape index (κ2) is 3.11. The lowest BCUT2D eigenvalue weighted by molar-refractivity contribution is -0.109. The maximum Gasteiger partial charge on any atom is 0.143 e. The fraction of sp³-hybridized carbons (Fsp3) is 0.444. The minimum atomic E-state index is -0.0565. The number of hydrogen-bond acceptors (Lipinski definition) is 3. The van der Waals surface area contributed by atoms with Gasteiger partial charge in [-0.05, 0) is 12.5 Å². The van der Waals surface area contributed by atoms with Crippen LogP contribution in [-0.2, 0) is 4.79 Å². The van der Waals surface area contributed by atoms with E-state index in [9.17, 15) is 4.79 Å². The highest BCUT2D eigenvalue weighted by Gasteiger charge is 2.23. The van der Waals surface area contributed by atoms with Crippen LogP contribution in [0.1, 0.15) is 6.42 Å². The standard InChI is InChI=1S/C9H12N2O/c12-6-7-5-10-8-3-1-2-4-9(8)11-7/h1-2,4,6-8,10-11H,3,5H2. The van der Waals surface area contributed by atoms with Gasteiger partial charge in [-0.15, -0.1) is 0 Å². The molecule has 2 N–H and O–H groups in total. The molecule has 1 aliphatic carbocycles. The number of piperazine rings is 1. The zero-order valence-electron chi connectivity index (χ0n) is 6.79. The Morgan fingerprint density at radius 1 is 1.58 bits per heavy atom. The minimum absolute atomic E-state index is 0.0565. The summed E-state index contributed by atoms with van der Waals surface area (Å²) in [6.45, 7) is 0.735. The lowest BCUT2D eigenvalue weighted by atomic mass is 10.0. The Balaban J connectivity index is 2.10. The number of aldehydes is 1. The predicted molar refractivity (Wildman–Crippen MR) is 46.6 cm³/mol. The molecule has 2 atom stereocenters. The molecule has 2 aliphatic rings. The van der Waals surface area contributed by atoms with Gasteiger partial charge in [0.2, 0.25) is 0 Å². The lowest BCUT2D eigenvalue weighted by Gasteiger charge is -2.32. The number of fused-ring (bicyclic) bond motifs is 1. The molecule has 1 heterocycles. The Labute approximate surface area is 71.5 Å². The smallest absolute Gasteiger partial charge is 0.143 e. The normalized spacial score (nSPS) is 33.2. The molecule has 0 aromatic heterocycles. The van der Waals surface area contributed by atoms with E-state index in [2.05, 4.69) is 16.7 Å². The first-order chi connectivity index (χ1) is 5.90. The van der Waals surface area contributed by atoms with Crippen molar-refractivity contribution in [2.24, 2.45) is 0 Å². The van der Waals surface area contributed by atoms with Crippen molar-refractivity contribution < 1.29 is 4.79 Å². The average Bonchev–Trinajstić information content (AvgIpc) is 2.17. The van der Waals surface area contributed by atoms with Gasteiger partial charge >= 0.3 is 0 Å². The van der Waals surface area contributed by atoms with Gasteiger partial charge in [0.15, 0.2) is 0 Å². The van der Waals surface area contributed by atoms with Crippen LogP contribution in [-0.4, -0.2) is 24.9 Å². The molecule has 3 heteroatoms. The molecule has 64 valence electrons. The molecule has 1 aliphatic heterocycles. The molecule has 12 heavy (non-hydrogen) atoms. The number of carbonyl (C=O) groups is 1. The van der Waals surface area contributed by atoms with Crippen molar-refractivity contribution >= 4 is 6.29 Å². The van der Waals surface area contributed by atoms with Crippen molar-refractivity contribution in [3.05, 3.63) is 23.9 Å². The Kier molecular flexibility index (Phi) is 1.96. The quantitative estimate of drug-likeness (QED) is 0.534. The van der Waals surface area contributed by atoms with E-state index in [1.807, 2.05) is 12.2 Å². The predicted octanol–water partition coefficient (Wildman–Crippen LogP) is -0.0409. The summed E-state index contributed by atoms with van der Waals surface area (Å²) in [7, 11) is 0. The van der Waals surface area contributed by atoms with Gasteiger partial charge in [-0.3, -0.25) is 0 Å². The molecule has 3 nitrogen and oxygen atoms in total. The molecule has 0 radical (unpaired) electrons. The van der Waals surface area contributed by atoms with Gasteiger partial charge in [0, 0.05) is 12.2 Å². The van der Waals surface area contributed by atoms with Gasteiger partial charge in [-0.2, -0.15) is 0 Å². The fourth-order valence-electron chi connectivity index (χ4n) is 1.59. The van der Waals surface area contributed by atoms with Crippen LogP contribution in [0.4, 0.5) is 0 Å². The van der Waals surface area contributed by atoms with Crippen molar-refractivity contribution in [3.63, 3.8) is 0 Å². The third-order valence-electron chi connectivity index (χ3n) is 2.26. The molecular weight excluding hydrogens is 152 g/mol. The molecule has 1 saturated heterocycles.